The summed E-state index contributed by atoms with van der Waals surface area (Å²) in [4.78, 5) is 36.2. The van der Waals surface area contributed by atoms with E-state index < -0.39 is 5.82 Å². The average Bonchev–Trinajstić information content (AvgIpc) is 3.44. The number of hydrogen-bond acceptors (Lipinski definition) is 4. The van der Waals surface area contributed by atoms with E-state index in [1.54, 1.807) is 27.1 Å². The smallest absolute Gasteiger partial charge is 0.329 e. The highest BCUT2D eigenvalue weighted by molar-refractivity contribution is 6.30. The molecule has 0 spiro atoms. The Bertz CT molecular complexity index is 1700. The van der Waals surface area contributed by atoms with Crippen LogP contribution >= 0.6 is 11.6 Å². The minimum atomic E-state index is -0.464. The van der Waals surface area contributed by atoms with Crippen LogP contribution in [0.4, 0.5) is 10.1 Å². The van der Waals surface area contributed by atoms with Crippen molar-refractivity contribution in [2.45, 2.75) is 31.8 Å². The average molecular weight is 547 g/mol. The highest BCUT2D eigenvalue weighted by Crippen LogP contribution is 2.27. The van der Waals surface area contributed by atoms with Gasteiger partial charge < -0.3 is 15.2 Å². The van der Waals surface area contributed by atoms with Crippen LogP contribution in [0.5, 0.6) is 0 Å². The van der Waals surface area contributed by atoms with Gasteiger partial charge in [-0.25, -0.2) is 14.2 Å². The zero-order valence-electron chi connectivity index (χ0n) is 21.5. The molecule has 6 rings (SSSR count). The summed E-state index contributed by atoms with van der Waals surface area (Å²) < 4.78 is 17.2. The number of rotatable bonds is 6. The maximum Gasteiger partial charge on any atom is 0.329 e. The maximum absolute atomic E-state index is 13.8. The number of halogens is 2. The van der Waals surface area contributed by atoms with Gasteiger partial charge in [0.2, 0.25) is 5.91 Å². The molecule has 1 atom stereocenters. The fourth-order valence-electron chi connectivity index (χ4n) is 5.50. The molecule has 1 aliphatic heterocycles. The summed E-state index contributed by atoms with van der Waals surface area (Å²) in [7, 11) is 1.77. The highest BCUT2D eigenvalue weighted by Gasteiger charge is 2.28. The molecule has 0 bridgehead atoms. The number of nitrogens with zero attached hydrogens (tertiary/aromatic N) is 4. The van der Waals surface area contributed by atoms with Gasteiger partial charge in [0, 0.05) is 30.8 Å². The van der Waals surface area contributed by atoms with E-state index in [0.717, 1.165) is 46.4 Å². The number of aromatic nitrogens is 4. The Morgan fingerprint density at radius 3 is 2.82 bits per heavy atom. The van der Waals surface area contributed by atoms with Crippen molar-refractivity contribution < 1.29 is 9.18 Å². The highest BCUT2D eigenvalue weighted by atomic mass is 35.5. The summed E-state index contributed by atoms with van der Waals surface area (Å²) in [6.07, 6.45) is 1.61. The van der Waals surface area contributed by atoms with E-state index in [-0.39, 0.29) is 29.1 Å². The number of piperidine rings is 1. The Morgan fingerprint density at radius 2 is 2.00 bits per heavy atom. The van der Waals surface area contributed by atoms with E-state index in [0.29, 0.717) is 25.2 Å². The normalized spacial score (nSPS) is 15.8. The molecule has 1 amide bonds. The number of amides is 1. The molecule has 2 N–H and O–H groups in total. The van der Waals surface area contributed by atoms with Crippen LogP contribution in [0.25, 0.3) is 22.1 Å². The van der Waals surface area contributed by atoms with Gasteiger partial charge in [-0.05, 0) is 66.9 Å². The second-order valence-corrected chi connectivity index (χ2v) is 10.5. The Morgan fingerprint density at radius 1 is 1.15 bits per heavy atom. The van der Waals surface area contributed by atoms with Gasteiger partial charge in [0.15, 0.2) is 0 Å². The van der Waals surface area contributed by atoms with E-state index in [2.05, 4.69) is 15.3 Å². The van der Waals surface area contributed by atoms with Crippen molar-refractivity contribution in [1.29, 1.82) is 0 Å². The first kappa shape index (κ1) is 25.2. The van der Waals surface area contributed by atoms with Crippen LogP contribution in [0.1, 0.15) is 30.3 Å². The van der Waals surface area contributed by atoms with Crippen LogP contribution in [0.15, 0.2) is 65.5 Å². The third kappa shape index (κ3) is 5.02. The molecule has 3 aromatic carbocycles. The molecule has 0 radical (unpaired) electrons. The van der Waals surface area contributed by atoms with Crippen molar-refractivity contribution >= 4 is 45.3 Å². The standard InChI is InChI=1S/C29H28ClFN6O2/c1-35-25-9-8-21(32-16-27-33-23-6-2-3-7-24(23)34-27)15-26(25)37(29(35)39)22-5-4-10-36(17-22)28(38)13-18-11-19(30)14-20(31)12-18/h2-3,6-9,11-12,14-15,22,32H,4-5,10,13,16-17H2,1H3,(H,33,34)/t22-/m0/s1. The fourth-order valence-corrected chi connectivity index (χ4v) is 5.74. The number of carbonyl (C=O) groups excluding carboxylic acids is 1. The van der Waals surface area contributed by atoms with Gasteiger partial charge in [-0.1, -0.05) is 23.7 Å². The minimum Gasteiger partial charge on any atom is -0.378 e. The molecule has 2 aromatic heterocycles. The van der Waals surface area contributed by atoms with Crippen LogP contribution < -0.4 is 11.0 Å². The third-order valence-corrected chi connectivity index (χ3v) is 7.60. The molecule has 39 heavy (non-hydrogen) atoms. The zero-order valence-corrected chi connectivity index (χ0v) is 22.2. The van der Waals surface area contributed by atoms with Gasteiger partial charge in [-0.3, -0.25) is 13.9 Å². The first-order chi connectivity index (χ1) is 18.9. The lowest BCUT2D eigenvalue weighted by atomic mass is 10.0. The number of H-pyrrole nitrogens is 1. The van der Waals surface area contributed by atoms with Crippen molar-refractivity contribution in [3.05, 3.63) is 93.4 Å². The molecular weight excluding hydrogens is 519 g/mol. The molecule has 10 heteroatoms. The Balaban J connectivity index is 1.23. The summed E-state index contributed by atoms with van der Waals surface area (Å²) >= 11 is 5.97. The van der Waals surface area contributed by atoms with Gasteiger partial charge in [0.25, 0.3) is 0 Å². The molecule has 8 nitrogen and oxygen atoms in total. The second kappa shape index (κ2) is 10.2. The third-order valence-electron chi connectivity index (χ3n) is 7.38. The number of hydrogen-bond donors (Lipinski definition) is 2. The number of anilines is 1. The van der Waals surface area contributed by atoms with Crippen molar-refractivity contribution in [2.24, 2.45) is 7.05 Å². The summed E-state index contributed by atoms with van der Waals surface area (Å²) in [6.45, 7) is 1.52. The molecule has 0 unspecified atom stereocenters. The van der Waals surface area contributed by atoms with E-state index in [4.69, 9.17) is 11.6 Å². The van der Waals surface area contributed by atoms with Gasteiger partial charge >= 0.3 is 5.69 Å². The van der Waals surface area contributed by atoms with Crippen LogP contribution in [0.2, 0.25) is 5.02 Å². The first-order valence-corrected chi connectivity index (χ1v) is 13.3. The SMILES string of the molecule is Cn1c(=O)n([C@H]2CCCN(C(=O)Cc3cc(F)cc(Cl)c3)C2)c2cc(NCc3nc4ccccc4[nH]3)ccc21. The number of fused-ring (bicyclic) bond motifs is 2. The molecule has 200 valence electrons. The lowest BCUT2D eigenvalue weighted by molar-refractivity contribution is -0.132. The second-order valence-electron chi connectivity index (χ2n) is 10.1. The Labute approximate surface area is 229 Å². The number of aromatic amines is 1. The molecule has 5 aromatic rings. The molecule has 1 saturated heterocycles. The van der Waals surface area contributed by atoms with Crippen LogP contribution in [-0.2, 0) is 24.8 Å². The fraction of sp³-hybridized carbons (Fsp3) is 0.276. The van der Waals surface area contributed by atoms with Gasteiger partial charge in [-0.2, -0.15) is 0 Å². The van der Waals surface area contributed by atoms with E-state index in [1.165, 1.54) is 12.1 Å². The molecule has 1 aliphatic rings. The van der Waals surface area contributed by atoms with E-state index >= 15 is 0 Å². The van der Waals surface area contributed by atoms with Crippen LogP contribution in [0.3, 0.4) is 0 Å². The number of imidazole rings is 2. The van der Waals surface area contributed by atoms with Crippen molar-refractivity contribution in [2.75, 3.05) is 18.4 Å². The van der Waals surface area contributed by atoms with Crippen molar-refractivity contribution in [3.63, 3.8) is 0 Å². The largest absolute Gasteiger partial charge is 0.378 e. The molecular formula is C29H28ClFN6O2. The summed E-state index contributed by atoms with van der Waals surface area (Å²) in [6, 6.07) is 17.8. The number of carbonyl (C=O) groups is 1. The summed E-state index contributed by atoms with van der Waals surface area (Å²) in [5.74, 6) is 0.250. The van der Waals surface area contributed by atoms with Crippen LogP contribution in [0, 0.1) is 5.82 Å². The van der Waals surface area contributed by atoms with Gasteiger partial charge in [0.1, 0.15) is 11.6 Å². The Hall–Kier alpha value is -4.11. The maximum atomic E-state index is 13.8. The molecule has 0 saturated carbocycles. The van der Waals surface area contributed by atoms with E-state index in [9.17, 15) is 14.0 Å². The number of aryl methyl sites for hydroxylation is 1. The number of benzene rings is 3. The van der Waals surface area contributed by atoms with Crippen molar-refractivity contribution in [3.8, 4) is 0 Å². The summed E-state index contributed by atoms with van der Waals surface area (Å²) in [5, 5.41) is 3.68. The molecule has 3 heterocycles. The number of likely N-dealkylation sites (tertiary alicyclic amines) is 1. The number of para-hydroxylation sites is 2. The predicted octanol–water partition coefficient (Wildman–Crippen LogP) is 5.03. The number of nitrogens with one attached hydrogen (secondary N) is 2. The minimum absolute atomic E-state index is 0.0600. The first-order valence-electron chi connectivity index (χ1n) is 13.0. The van der Waals surface area contributed by atoms with Gasteiger partial charge in [-0.15, -0.1) is 0 Å². The Kier molecular flexibility index (Phi) is 6.60. The lowest BCUT2D eigenvalue weighted by Crippen LogP contribution is -2.43. The predicted molar refractivity (Wildman–Crippen MR) is 151 cm³/mol. The topological polar surface area (TPSA) is 87.9 Å². The quantitative estimate of drug-likeness (QED) is 0.313. The van der Waals surface area contributed by atoms with Crippen LogP contribution in [-0.4, -0.2) is 43.0 Å². The summed E-state index contributed by atoms with van der Waals surface area (Å²) in [5.41, 5.74) is 4.83. The molecule has 1 fully saturated rings. The van der Waals surface area contributed by atoms with E-state index in [1.807, 2.05) is 42.5 Å². The zero-order chi connectivity index (χ0) is 27.1. The lowest BCUT2D eigenvalue weighted by Gasteiger charge is -2.33. The monoisotopic (exact) mass is 546 g/mol. The van der Waals surface area contributed by atoms with Crippen molar-refractivity contribution in [1.82, 2.24) is 24.0 Å². The van der Waals surface area contributed by atoms with Gasteiger partial charge in [0.05, 0.1) is 41.1 Å². The molecule has 0 aliphatic carbocycles.